The molecule has 2 saturated carbocycles. The van der Waals surface area contributed by atoms with Gasteiger partial charge in [-0.3, -0.25) is 0 Å². The molecule has 0 aliphatic heterocycles. The number of hydrogen-bond donors (Lipinski definition) is 2. The average Bonchev–Trinajstić information content (AvgIpc) is 3.06. The van der Waals surface area contributed by atoms with Gasteiger partial charge in [0.05, 0.1) is 0 Å². The maximum Gasteiger partial charge on any atom is 0.0329 e. The Bertz CT molecular complexity index is 231. The number of nitrogens with one attached hydrogen (secondary N) is 1. The molecule has 0 bridgehead atoms. The van der Waals surface area contributed by atoms with Crippen LogP contribution in [0.15, 0.2) is 0 Å². The van der Waals surface area contributed by atoms with Crippen LogP contribution in [0.2, 0.25) is 0 Å². The predicted octanol–water partition coefficient (Wildman–Crippen LogP) is 2.14. The molecule has 0 amide bonds. The zero-order valence-corrected chi connectivity index (χ0v) is 10.5. The second-order valence-corrected chi connectivity index (χ2v) is 6.29. The molecule has 0 aromatic heterocycles. The van der Waals surface area contributed by atoms with Crippen LogP contribution in [-0.4, -0.2) is 18.6 Å². The van der Waals surface area contributed by atoms with E-state index in [1.165, 1.54) is 25.7 Å². The summed E-state index contributed by atoms with van der Waals surface area (Å²) in [5.74, 6) is 1.82. The molecule has 2 atom stereocenters. The molecule has 15 heavy (non-hydrogen) atoms. The zero-order valence-electron chi connectivity index (χ0n) is 10.5. The van der Waals surface area contributed by atoms with Crippen molar-refractivity contribution in [3.63, 3.8) is 0 Å². The zero-order chi connectivity index (χ0) is 11.1. The highest BCUT2D eigenvalue weighted by atomic mass is 15.0. The second kappa shape index (κ2) is 3.74. The number of nitrogens with two attached hydrogens (primary N) is 1. The molecule has 2 unspecified atom stereocenters. The first-order valence-electron chi connectivity index (χ1n) is 6.46. The van der Waals surface area contributed by atoms with Gasteiger partial charge in [-0.1, -0.05) is 13.8 Å². The van der Waals surface area contributed by atoms with Gasteiger partial charge in [0.25, 0.3) is 0 Å². The van der Waals surface area contributed by atoms with Crippen molar-refractivity contribution in [1.29, 1.82) is 0 Å². The van der Waals surface area contributed by atoms with Crippen molar-refractivity contribution in [2.45, 2.75) is 52.0 Å². The summed E-state index contributed by atoms with van der Waals surface area (Å²) in [5, 5.41) is 3.74. The van der Waals surface area contributed by atoms with E-state index < -0.39 is 0 Å². The third-order valence-corrected chi connectivity index (χ3v) is 4.98. The summed E-state index contributed by atoms with van der Waals surface area (Å²) in [7, 11) is 0. The van der Waals surface area contributed by atoms with Crippen molar-refractivity contribution in [1.82, 2.24) is 5.32 Å². The lowest BCUT2D eigenvalue weighted by Gasteiger charge is -2.37. The highest BCUT2D eigenvalue weighted by Crippen LogP contribution is 2.53. The number of hydrogen-bond acceptors (Lipinski definition) is 2. The molecule has 0 radical (unpaired) electrons. The Balaban J connectivity index is 1.84. The van der Waals surface area contributed by atoms with E-state index in [-0.39, 0.29) is 5.54 Å². The van der Waals surface area contributed by atoms with Gasteiger partial charge in [0.2, 0.25) is 0 Å². The Kier molecular flexibility index (Phi) is 2.85. The first-order valence-corrected chi connectivity index (χ1v) is 6.46. The Morgan fingerprint density at radius 2 is 2.07 bits per heavy atom. The van der Waals surface area contributed by atoms with Gasteiger partial charge in [0, 0.05) is 12.1 Å². The lowest BCUT2D eigenvalue weighted by atomic mass is 9.83. The molecule has 0 heterocycles. The lowest BCUT2D eigenvalue weighted by molar-refractivity contribution is 0.217. The second-order valence-electron chi connectivity index (χ2n) is 6.29. The van der Waals surface area contributed by atoms with Gasteiger partial charge in [-0.2, -0.15) is 0 Å². The van der Waals surface area contributed by atoms with Crippen molar-refractivity contribution < 1.29 is 0 Å². The SMILES string of the molecule is CC(CNC(C)(CN)C1(C)CC1)C1CC1. The molecule has 2 heteroatoms. The summed E-state index contributed by atoms with van der Waals surface area (Å²) in [6.45, 7) is 8.96. The summed E-state index contributed by atoms with van der Waals surface area (Å²) in [5.41, 5.74) is 6.57. The average molecular weight is 210 g/mol. The molecule has 2 aliphatic rings. The summed E-state index contributed by atoms with van der Waals surface area (Å²) in [6.07, 6.45) is 5.57. The van der Waals surface area contributed by atoms with E-state index in [1.54, 1.807) is 0 Å². The van der Waals surface area contributed by atoms with Crippen LogP contribution < -0.4 is 11.1 Å². The quantitative estimate of drug-likeness (QED) is 0.705. The molecule has 0 spiro atoms. The van der Waals surface area contributed by atoms with E-state index in [4.69, 9.17) is 5.73 Å². The van der Waals surface area contributed by atoms with Crippen LogP contribution in [0.3, 0.4) is 0 Å². The molecule has 88 valence electrons. The van der Waals surface area contributed by atoms with Gasteiger partial charge < -0.3 is 11.1 Å². The fourth-order valence-corrected chi connectivity index (χ4v) is 2.49. The van der Waals surface area contributed by atoms with Crippen molar-refractivity contribution in [2.24, 2.45) is 23.0 Å². The van der Waals surface area contributed by atoms with Gasteiger partial charge in [-0.05, 0) is 56.4 Å². The standard InChI is InChI=1S/C13H26N2/c1-10(11-4-5-11)8-15-13(3,9-14)12(2)6-7-12/h10-11,15H,4-9,14H2,1-3H3. The summed E-state index contributed by atoms with van der Waals surface area (Å²) in [4.78, 5) is 0. The molecule has 3 N–H and O–H groups in total. The van der Waals surface area contributed by atoms with E-state index in [0.717, 1.165) is 24.9 Å². The third-order valence-electron chi connectivity index (χ3n) is 4.98. The predicted molar refractivity (Wildman–Crippen MR) is 64.7 cm³/mol. The van der Waals surface area contributed by atoms with Crippen molar-refractivity contribution in [3.8, 4) is 0 Å². The first-order chi connectivity index (χ1) is 7.01. The topological polar surface area (TPSA) is 38.0 Å². The highest BCUT2D eigenvalue weighted by Gasteiger charge is 2.52. The first kappa shape index (κ1) is 11.4. The van der Waals surface area contributed by atoms with Crippen LogP contribution in [0, 0.1) is 17.3 Å². The summed E-state index contributed by atoms with van der Waals surface area (Å²) < 4.78 is 0. The maximum atomic E-state index is 5.95. The van der Waals surface area contributed by atoms with Gasteiger partial charge in [0.1, 0.15) is 0 Å². The summed E-state index contributed by atoms with van der Waals surface area (Å²) in [6, 6.07) is 0. The lowest BCUT2D eigenvalue weighted by Crippen LogP contribution is -2.55. The Labute approximate surface area is 94.0 Å². The van der Waals surface area contributed by atoms with E-state index in [1.807, 2.05) is 0 Å². The van der Waals surface area contributed by atoms with Crippen molar-refractivity contribution in [3.05, 3.63) is 0 Å². The van der Waals surface area contributed by atoms with Gasteiger partial charge in [-0.25, -0.2) is 0 Å². The fourth-order valence-electron chi connectivity index (χ4n) is 2.49. The highest BCUT2D eigenvalue weighted by molar-refractivity contribution is 5.08. The van der Waals surface area contributed by atoms with E-state index in [2.05, 4.69) is 26.1 Å². The van der Waals surface area contributed by atoms with Gasteiger partial charge >= 0.3 is 0 Å². The van der Waals surface area contributed by atoms with Crippen LogP contribution in [-0.2, 0) is 0 Å². The Morgan fingerprint density at radius 3 is 2.47 bits per heavy atom. The van der Waals surface area contributed by atoms with Crippen LogP contribution in [0.25, 0.3) is 0 Å². The molecule has 2 nitrogen and oxygen atoms in total. The normalized spacial score (nSPS) is 29.6. The molecule has 0 aromatic carbocycles. The van der Waals surface area contributed by atoms with Crippen LogP contribution in [0.1, 0.15) is 46.5 Å². The Morgan fingerprint density at radius 1 is 1.47 bits per heavy atom. The summed E-state index contributed by atoms with van der Waals surface area (Å²) >= 11 is 0. The van der Waals surface area contributed by atoms with Crippen LogP contribution in [0.4, 0.5) is 0 Å². The fraction of sp³-hybridized carbons (Fsp3) is 1.00. The van der Waals surface area contributed by atoms with Crippen molar-refractivity contribution in [2.75, 3.05) is 13.1 Å². The maximum absolute atomic E-state index is 5.95. The number of rotatable bonds is 6. The van der Waals surface area contributed by atoms with E-state index >= 15 is 0 Å². The molecular formula is C13H26N2. The van der Waals surface area contributed by atoms with Crippen LogP contribution in [0.5, 0.6) is 0 Å². The van der Waals surface area contributed by atoms with E-state index in [9.17, 15) is 0 Å². The smallest absolute Gasteiger partial charge is 0.0329 e. The minimum atomic E-state index is 0.163. The minimum Gasteiger partial charge on any atom is -0.329 e. The van der Waals surface area contributed by atoms with E-state index in [0.29, 0.717) is 5.41 Å². The Hall–Kier alpha value is -0.0800. The third kappa shape index (κ3) is 2.21. The largest absolute Gasteiger partial charge is 0.329 e. The van der Waals surface area contributed by atoms with Crippen LogP contribution >= 0.6 is 0 Å². The molecular weight excluding hydrogens is 184 g/mol. The molecule has 2 rings (SSSR count). The monoisotopic (exact) mass is 210 g/mol. The van der Waals surface area contributed by atoms with Gasteiger partial charge in [-0.15, -0.1) is 0 Å². The molecule has 0 saturated heterocycles. The molecule has 2 fully saturated rings. The minimum absolute atomic E-state index is 0.163. The molecule has 2 aliphatic carbocycles. The molecule has 0 aromatic rings. The van der Waals surface area contributed by atoms with Crippen molar-refractivity contribution >= 4 is 0 Å². The van der Waals surface area contributed by atoms with Gasteiger partial charge in [0.15, 0.2) is 0 Å².